The zero-order valence-electron chi connectivity index (χ0n) is 9.97. The molecule has 0 bridgehead atoms. The molecule has 1 aliphatic rings. The highest BCUT2D eigenvalue weighted by Crippen LogP contribution is 2.18. The summed E-state index contributed by atoms with van der Waals surface area (Å²) in [6, 6.07) is 0.906. The van der Waals surface area contributed by atoms with Crippen LogP contribution in [0.25, 0.3) is 0 Å². The zero-order valence-corrected chi connectivity index (χ0v) is 9.97. The van der Waals surface area contributed by atoms with Crippen molar-refractivity contribution in [2.45, 2.75) is 65.8 Å². The summed E-state index contributed by atoms with van der Waals surface area (Å²) in [6.45, 7) is 11.3. The largest absolute Gasteiger partial charge is 0.300 e. The zero-order chi connectivity index (χ0) is 10.1. The molecular weight excluding hydrogens is 158 g/mol. The van der Waals surface area contributed by atoms with E-state index in [9.17, 15) is 0 Å². The van der Waals surface area contributed by atoms with E-state index in [1.807, 2.05) is 13.8 Å². The van der Waals surface area contributed by atoms with E-state index in [1.165, 1.54) is 45.2 Å². The molecule has 0 amide bonds. The molecule has 0 saturated carbocycles. The van der Waals surface area contributed by atoms with E-state index in [1.54, 1.807) is 0 Å². The van der Waals surface area contributed by atoms with Gasteiger partial charge >= 0.3 is 0 Å². The molecule has 0 aromatic heterocycles. The SMILES string of the molecule is CC.CCCN1CCCCC1CC. The Morgan fingerprint density at radius 2 is 1.85 bits per heavy atom. The molecule has 0 radical (unpaired) electrons. The van der Waals surface area contributed by atoms with Gasteiger partial charge in [0.05, 0.1) is 0 Å². The molecule has 1 unspecified atom stereocenters. The second-order valence-corrected chi connectivity index (χ2v) is 3.59. The van der Waals surface area contributed by atoms with Gasteiger partial charge in [0, 0.05) is 6.04 Å². The minimum atomic E-state index is 0.906. The third kappa shape index (κ3) is 4.66. The number of piperidine rings is 1. The van der Waals surface area contributed by atoms with E-state index in [2.05, 4.69) is 18.7 Å². The van der Waals surface area contributed by atoms with Crippen LogP contribution in [0.4, 0.5) is 0 Å². The molecule has 1 saturated heterocycles. The molecule has 13 heavy (non-hydrogen) atoms. The number of rotatable bonds is 3. The highest BCUT2D eigenvalue weighted by molar-refractivity contribution is 4.74. The fraction of sp³-hybridized carbons (Fsp3) is 1.00. The van der Waals surface area contributed by atoms with Crippen LogP contribution in [0.3, 0.4) is 0 Å². The van der Waals surface area contributed by atoms with E-state index in [-0.39, 0.29) is 0 Å². The third-order valence-electron chi connectivity index (χ3n) is 2.73. The third-order valence-corrected chi connectivity index (χ3v) is 2.73. The maximum Gasteiger partial charge on any atom is 0.00926 e. The van der Waals surface area contributed by atoms with Gasteiger partial charge in [-0.25, -0.2) is 0 Å². The summed E-state index contributed by atoms with van der Waals surface area (Å²) in [5.41, 5.74) is 0. The Hall–Kier alpha value is -0.0400. The normalized spacial score (nSPS) is 23.5. The van der Waals surface area contributed by atoms with Gasteiger partial charge in [-0.05, 0) is 38.8 Å². The van der Waals surface area contributed by atoms with Gasteiger partial charge in [0.15, 0.2) is 0 Å². The van der Waals surface area contributed by atoms with Crippen LogP contribution in [0.1, 0.15) is 59.8 Å². The van der Waals surface area contributed by atoms with Crippen LogP contribution in [0.2, 0.25) is 0 Å². The van der Waals surface area contributed by atoms with Gasteiger partial charge in [-0.1, -0.05) is 34.1 Å². The summed E-state index contributed by atoms with van der Waals surface area (Å²) in [5.74, 6) is 0. The number of nitrogens with zero attached hydrogens (tertiary/aromatic N) is 1. The van der Waals surface area contributed by atoms with Crippen LogP contribution in [0.5, 0.6) is 0 Å². The summed E-state index contributed by atoms with van der Waals surface area (Å²) in [5, 5.41) is 0. The standard InChI is InChI=1S/C10H21N.C2H6/c1-3-8-11-9-6-5-7-10(11)4-2;1-2/h10H,3-9H2,1-2H3;1-2H3. The monoisotopic (exact) mass is 185 g/mol. The molecule has 1 nitrogen and oxygen atoms in total. The average Bonchev–Trinajstić information content (AvgIpc) is 2.22. The van der Waals surface area contributed by atoms with Crippen LogP contribution in [-0.2, 0) is 0 Å². The molecule has 0 aromatic carbocycles. The van der Waals surface area contributed by atoms with Crippen molar-refractivity contribution in [1.29, 1.82) is 0 Å². The fourth-order valence-corrected chi connectivity index (χ4v) is 2.10. The first kappa shape index (κ1) is 13.0. The van der Waals surface area contributed by atoms with Gasteiger partial charge < -0.3 is 4.90 Å². The van der Waals surface area contributed by atoms with Gasteiger partial charge in [0.2, 0.25) is 0 Å². The van der Waals surface area contributed by atoms with Crippen molar-refractivity contribution in [3.8, 4) is 0 Å². The molecule has 0 N–H and O–H groups in total. The van der Waals surface area contributed by atoms with Crippen molar-refractivity contribution < 1.29 is 0 Å². The van der Waals surface area contributed by atoms with E-state index in [4.69, 9.17) is 0 Å². The van der Waals surface area contributed by atoms with Crippen molar-refractivity contribution in [3.05, 3.63) is 0 Å². The number of likely N-dealkylation sites (tertiary alicyclic amines) is 1. The second-order valence-electron chi connectivity index (χ2n) is 3.59. The Bertz CT molecular complexity index is 99.3. The summed E-state index contributed by atoms with van der Waals surface area (Å²) < 4.78 is 0. The molecule has 1 fully saturated rings. The fourth-order valence-electron chi connectivity index (χ4n) is 2.10. The van der Waals surface area contributed by atoms with Crippen molar-refractivity contribution >= 4 is 0 Å². The van der Waals surface area contributed by atoms with Crippen LogP contribution in [0.15, 0.2) is 0 Å². The van der Waals surface area contributed by atoms with Crippen LogP contribution >= 0.6 is 0 Å². The van der Waals surface area contributed by atoms with E-state index < -0.39 is 0 Å². The minimum Gasteiger partial charge on any atom is -0.300 e. The van der Waals surface area contributed by atoms with Crippen molar-refractivity contribution in [1.82, 2.24) is 4.90 Å². The van der Waals surface area contributed by atoms with Gasteiger partial charge in [-0.2, -0.15) is 0 Å². The first-order valence-corrected chi connectivity index (χ1v) is 6.12. The topological polar surface area (TPSA) is 3.24 Å². The Kier molecular flexibility index (Phi) is 8.53. The Balaban J connectivity index is 0.000000671. The van der Waals surface area contributed by atoms with Crippen LogP contribution < -0.4 is 0 Å². The Morgan fingerprint density at radius 1 is 1.15 bits per heavy atom. The Morgan fingerprint density at radius 3 is 2.38 bits per heavy atom. The minimum absolute atomic E-state index is 0.906. The smallest absolute Gasteiger partial charge is 0.00926 e. The molecule has 1 atom stereocenters. The molecule has 0 spiro atoms. The number of hydrogen-bond donors (Lipinski definition) is 0. The van der Waals surface area contributed by atoms with E-state index >= 15 is 0 Å². The lowest BCUT2D eigenvalue weighted by Crippen LogP contribution is -2.39. The van der Waals surface area contributed by atoms with Crippen LogP contribution in [-0.4, -0.2) is 24.0 Å². The predicted molar refractivity (Wildman–Crippen MR) is 61.1 cm³/mol. The van der Waals surface area contributed by atoms with Gasteiger partial charge in [-0.3, -0.25) is 0 Å². The van der Waals surface area contributed by atoms with Gasteiger partial charge in [0.25, 0.3) is 0 Å². The predicted octanol–water partition coefficient (Wildman–Crippen LogP) is 3.69. The summed E-state index contributed by atoms with van der Waals surface area (Å²) in [4.78, 5) is 2.67. The second kappa shape index (κ2) is 8.55. The van der Waals surface area contributed by atoms with Crippen molar-refractivity contribution in [2.75, 3.05) is 13.1 Å². The summed E-state index contributed by atoms with van der Waals surface area (Å²) in [6.07, 6.45) is 6.99. The average molecular weight is 185 g/mol. The van der Waals surface area contributed by atoms with Gasteiger partial charge in [-0.15, -0.1) is 0 Å². The highest BCUT2D eigenvalue weighted by Gasteiger charge is 2.18. The summed E-state index contributed by atoms with van der Waals surface area (Å²) >= 11 is 0. The lowest BCUT2D eigenvalue weighted by atomic mass is 10.00. The van der Waals surface area contributed by atoms with Crippen LogP contribution in [0, 0.1) is 0 Å². The maximum atomic E-state index is 2.67. The maximum absolute atomic E-state index is 2.67. The van der Waals surface area contributed by atoms with E-state index in [0.717, 1.165) is 6.04 Å². The van der Waals surface area contributed by atoms with E-state index in [0.29, 0.717) is 0 Å². The summed E-state index contributed by atoms with van der Waals surface area (Å²) in [7, 11) is 0. The molecule has 1 rings (SSSR count). The number of hydrogen-bond acceptors (Lipinski definition) is 1. The quantitative estimate of drug-likeness (QED) is 0.648. The molecule has 1 aliphatic heterocycles. The molecule has 1 heteroatoms. The Labute approximate surface area is 84.5 Å². The molecule has 0 aromatic rings. The molecule has 1 heterocycles. The van der Waals surface area contributed by atoms with Gasteiger partial charge in [0.1, 0.15) is 0 Å². The highest BCUT2D eigenvalue weighted by atomic mass is 15.2. The first-order valence-electron chi connectivity index (χ1n) is 6.12. The lowest BCUT2D eigenvalue weighted by Gasteiger charge is -2.34. The molecule has 80 valence electrons. The molecule has 0 aliphatic carbocycles. The lowest BCUT2D eigenvalue weighted by molar-refractivity contribution is 0.144. The molecular formula is C12H27N. The van der Waals surface area contributed by atoms with Crippen molar-refractivity contribution in [2.24, 2.45) is 0 Å². The first-order chi connectivity index (χ1) is 6.38. The van der Waals surface area contributed by atoms with Crippen molar-refractivity contribution in [3.63, 3.8) is 0 Å².